The minimum atomic E-state index is -0.757. The normalized spacial score (nSPS) is 12.5. The van der Waals surface area contributed by atoms with Crippen LogP contribution in [0.1, 0.15) is 19.8 Å². The van der Waals surface area contributed by atoms with Crippen LogP contribution >= 0.6 is 11.3 Å². The molecule has 0 aliphatic rings. The van der Waals surface area contributed by atoms with Gasteiger partial charge in [0.2, 0.25) is 0 Å². The Hall–Kier alpha value is -1.69. The van der Waals surface area contributed by atoms with Crippen LogP contribution in [0, 0.1) is 5.92 Å². The Bertz CT molecular complexity index is 541. The molecule has 18 heavy (non-hydrogen) atoms. The summed E-state index contributed by atoms with van der Waals surface area (Å²) in [6.45, 7) is 2.61. The van der Waals surface area contributed by atoms with Crippen molar-refractivity contribution < 1.29 is 9.90 Å². The van der Waals surface area contributed by atoms with Crippen molar-refractivity contribution in [3.05, 3.63) is 17.8 Å². The summed E-state index contributed by atoms with van der Waals surface area (Å²) in [5.74, 6) is 0.152. The van der Waals surface area contributed by atoms with E-state index in [0.29, 0.717) is 6.54 Å². The molecule has 0 aliphatic carbocycles. The first-order valence-corrected chi connectivity index (χ1v) is 6.72. The Kier molecular flexibility index (Phi) is 4.09. The molecule has 1 unspecified atom stereocenters. The molecule has 0 aromatic carbocycles. The third kappa shape index (κ3) is 2.95. The van der Waals surface area contributed by atoms with E-state index in [1.807, 2.05) is 18.4 Å². The van der Waals surface area contributed by atoms with E-state index in [1.54, 1.807) is 11.3 Å². The van der Waals surface area contributed by atoms with Gasteiger partial charge in [0.15, 0.2) is 0 Å². The second kappa shape index (κ2) is 5.77. The van der Waals surface area contributed by atoms with Gasteiger partial charge in [-0.05, 0) is 17.4 Å². The number of hydrogen-bond acceptors (Lipinski definition) is 5. The quantitative estimate of drug-likeness (QED) is 0.839. The molecule has 2 heterocycles. The SMILES string of the molecule is CCC(CNc1ncnc2ccsc12)CC(=O)O. The molecular weight excluding hydrogens is 250 g/mol. The van der Waals surface area contributed by atoms with Gasteiger partial charge in [0.25, 0.3) is 0 Å². The molecule has 6 heteroatoms. The van der Waals surface area contributed by atoms with Crippen LogP contribution in [0.25, 0.3) is 10.2 Å². The summed E-state index contributed by atoms with van der Waals surface area (Å²) >= 11 is 1.58. The highest BCUT2D eigenvalue weighted by molar-refractivity contribution is 7.17. The monoisotopic (exact) mass is 265 g/mol. The van der Waals surface area contributed by atoms with Gasteiger partial charge in [-0.3, -0.25) is 4.79 Å². The lowest BCUT2D eigenvalue weighted by atomic mass is 10.0. The highest BCUT2D eigenvalue weighted by Crippen LogP contribution is 2.25. The first-order valence-electron chi connectivity index (χ1n) is 5.84. The second-order valence-electron chi connectivity index (χ2n) is 4.11. The fourth-order valence-electron chi connectivity index (χ4n) is 1.76. The molecule has 0 saturated carbocycles. The lowest BCUT2D eigenvalue weighted by Gasteiger charge is -2.13. The van der Waals surface area contributed by atoms with Crippen LogP contribution in [-0.2, 0) is 4.79 Å². The number of carboxylic acids is 1. The van der Waals surface area contributed by atoms with Crippen molar-refractivity contribution >= 4 is 33.3 Å². The van der Waals surface area contributed by atoms with E-state index >= 15 is 0 Å². The van der Waals surface area contributed by atoms with Crippen molar-refractivity contribution in [3.63, 3.8) is 0 Å². The maximum absolute atomic E-state index is 10.7. The number of nitrogens with zero attached hydrogens (tertiary/aromatic N) is 2. The molecule has 1 atom stereocenters. The Morgan fingerprint density at radius 3 is 3.11 bits per heavy atom. The summed E-state index contributed by atoms with van der Waals surface area (Å²) in [5, 5.41) is 14.0. The number of hydrogen-bond donors (Lipinski definition) is 2. The molecule has 0 bridgehead atoms. The maximum Gasteiger partial charge on any atom is 0.303 e. The number of anilines is 1. The minimum absolute atomic E-state index is 0.118. The zero-order valence-corrected chi connectivity index (χ0v) is 10.9. The van der Waals surface area contributed by atoms with Gasteiger partial charge >= 0.3 is 5.97 Å². The summed E-state index contributed by atoms with van der Waals surface area (Å²) in [4.78, 5) is 19.1. The van der Waals surface area contributed by atoms with Crippen LogP contribution in [0.5, 0.6) is 0 Å². The smallest absolute Gasteiger partial charge is 0.303 e. The van der Waals surface area contributed by atoms with Crippen LogP contribution < -0.4 is 5.32 Å². The molecule has 0 radical (unpaired) electrons. The Labute approximate surface area is 109 Å². The molecule has 96 valence electrons. The Morgan fingerprint density at radius 1 is 1.56 bits per heavy atom. The summed E-state index contributed by atoms with van der Waals surface area (Å²) < 4.78 is 1.02. The molecule has 2 N–H and O–H groups in total. The van der Waals surface area contributed by atoms with Gasteiger partial charge in [0.1, 0.15) is 12.1 Å². The van der Waals surface area contributed by atoms with Crippen molar-refractivity contribution in [2.75, 3.05) is 11.9 Å². The summed E-state index contributed by atoms with van der Waals surface area (Å²) in [7, 11) is 0. The van der Waals surface area contributed by atoms with Gasteiger partial charge in [0, 0.05) is 13.0 Å². The van der Waals surface area contributed by atoms with Crippen molar-refractivity contribution in [2.45, 2.75) is 19.8 Å². The predicted octanol–water partition coefficient (Wildman–Crippen LogP) is 2.60. The van der Waals surface area contributed by atoms with Crippen molar-refractivity contribution in [2.24, 2.45) is 5.92 Å². The van der Waals surface area contributed by atoms with Crippen LogP contribution in [0.3, 0.4) is 0 Å². The number of carboxylic acid groups (broad SMARTS) is 1. The predicted molar refractivity (Wildman–Crippen MR) is 71.9 cm³/mol. The van der Waals surface area contributed by atoms with Gasteiger partial charge in [-0.1, -0.05) is 13.3 Å². The zero-order chi connectivity index (χ0) is 13.0. The molecule has 0 fully saturated rings. The Morgan fingerprint density at radius 2 is 2.39 bits per heavy atom. The fraction of sp³-hybridized carbons (Fsp3) is 0.417. The second-order valence-corrected chi connectivity index (χ2v) is 5.03. The maximum atomic E-state index is 10.7. The summed E-state index contributed by atoms with van der Waals surface area (Å²) in [6, 6.07) is 1.95. The van der Waals surface area contributed by atoms with E-state index in [4.69, 9.17) is 5.11 Å². The molecule has 2 aromatic heterocycles. The van der Waals surface area contributed by atoms with Crippen LogP contribution in [-0.4, -0.2) is 27.6 Å². The molecule has 2 rings (SSSR count). The average Bonchev–Trinajstić information content (AvgIpc) is 2.82. The van der Waals surface area contributed by atoms with E-state index in [2.05, 4.69) is 15.3 Å². The minimum Gasteiger partial charge on any atom is -0.481 e. The molecule has 5 nitrogen and oxygen atoms in total. The number of thiophene rings is 1. The van der Waals surface area contributed by atoms with Crippen molar-refractivity contribution in [1.29, 1.82) is 0 Å². The number of nitrogens with one attached hydrogen (secondary N) is 1. The van der Waals surface area contributed by atoms with E-state index in [0.717, 1.165) is 22.5 Å². The fourth-order valence-corrected chi connectivity index (χ4v) is 2.57. The van der Waals surface area contributed by atoms with Crippen LogP contribution in [0.15, 0.2) is 17.8 Å². The van der Waals surface area contributed by atoms with E-state index in [1.165, 1.54) is 6.33 Å². The highest BCUT2D eigenvalue weighted by Gasteiger charge is 2.12. The van der Waals surface area contributed by atoms with E-state index < -0.39 is 5.97 Å². The van der Waals surface area contributed by atoms with E-state index in [9.17, 15) is 4.79 Å². The topological polar surface area (TPSA) is 75.1 Å². The first kappa shape index (κ1) is 12.8. The van der Waals surface area contributed by atoms with Gasteiger partial charge in [0.05, 0.1) is 10.2 Å². The number of carbonyl (C=O) groups is 1. The third-order valence-corrected chi connectivity index (χ3v) is 3.75. The van der Waals surface area contributed by atoms with Gasteiger partial charge < -0.3 is 10.4 Å². The summed E-state index contributed by atoms with van der Waals surface area (Å²) in [6.07, 6.45) is 2.54. The molecular formula is C12H15N3O2S. The first-order chi connectivity index (χ1) is 8.70. The molecule has 0 spiro atoms. The lowest BCUT2D eigenvalue weighted by Crippen LogP contribution is -2.17. The number of aromatic nitrogens is 2. The van der Waals surface area contributed by atoms with Gasteiger partial charge in [-0.15, -0.1) is 11.3 Å². The largest absolute Gasteiger partial charge is 0.481 e. The Balaban J connectivity index is 2.05. The highest BCUT2D eigenvalue weighted by atomic mass is 32.1. The standard InChI is InChI=1S/C12H15N3O2S/c1-2-8(5-10(16)17)6-13-12-11-9(3-4-18-11)14-7-15-12/h3-4,7-8H,2,5-6H2,1H3,(H,16,17)(H,13,14,15). The van der Waals surface area contributed by atoms with Gasteiger partial charge in [-0.2, -0.15) is 0 Å². The third-order valence-electron chi connectivity index (χ3n) is 2.84. The zero-order valence-electron chi connectivity index (χ0n) is 10.1. The number of aliphatic carboxylic acids is 1. The van der Waals surface area contributed by atoms with Crippen LogP contribution in [0.4, 0.5) is 5.82 Å². The van der Waals surface area contributed by atoms with Crippen molar-refractivity contribution in [1.82, 2.24) is 9.97 Å². The van der Waals surface area contributed by atoms with E-state index in [-0.39, 0.29) is 12.3 Å². The van der Waals surface area contributed by atoms with Crippen molar-refractivity contribution in [3.8, 4) is 0 Å². The molecule has 0 amide bonds. The molecule has 0 saturated heterocycles. The summed E-state index contributed by atoms with van der Waals surface area (Å²) in [5.41, 5.74) is 0.920. The van der Waals surface area contributed by atoms with Gasteiger partial charge in [-0.25, -0.2) is 9.97 Å². The number of fused-ring (bicyclic) bond motifs is 1. The molecule has 0 aliphatic heterocycles. The molecule has 2 aromatic rings. The lowest BCUT2D eigenvalue weighted by molar-refractivity contribution is -0.138. The number of rotatable bonds is 6. The van der Waals surface area contributed by atoms with Crippen LogP contribution in [0.2, 0.25) is 0 Å². The average molecular weight is 265 g/mol.